The summed E-state index contributed by atoms with van der Waals surface area (Å²) in [6.45, 7) is 0. The van der Waals surface area contributed by atoms with Gasteiger partial charge in [-0.25, -0.2) is 12.8 Å². The molecule has 11 nitrogen and oxygen atoms in total. The normalized spacial score (nSPS) is 12.0. The van der Waals surface area contributed by atoms with Gasteiger partial charge in [-0.2, -0.15) is 21.6 Å². The fourth-order valence-corrected chi connectivity index (χ4v) is 5.39. The van der Waals surface area contributed by atoms with Crippen LogP contribution in [0.5, 0.6) is 5.75 Å². The Balaban J connectivity index is 0.000000510. The van der Waals surface area contributed by atoms with Gasteiger partial charge in [-0.1, -0.05) is 35.0 Å². The van der Waals surface area contributed by atoms with Crippen LogP contribution in [0.4, 0.5) is 23.4 Å². The second kappa shape index (κ2) is 12.5. The summed E-state index contributed by atoms with van der Waals surface area (Å²) in [4.78, 5) is 12.9. The lowest BCUT2D eigenvalue weighted by atomic mass is 9.96. The number of sulfonamides is 1. The zero-order chi connectivity index (χ0) is 33.3. The smallest absolute Gasteiger partial charge is 0.496 e. The molecule has 0 aliphatic carbocycles. The number of aryl methyl sites for hydroxylation is 1. The van der Waals surface area contributed by atoms with Crippen LogP contribution in [0, 0.1) is 5.82 Å². The van der Waals surface area contributed by atoms with Crippen LogP contribution in [0.25, 0.3) is 33.0 Å². The van der Waals surface area contributed by atoms with Crippen LogP contribution in [0.3, 0.4) is 0 Å². The monoisotopic (exact) mass is 689 g/mol. The third-order valence-corrected chi connectivity index (χ3v) is 8.40. The Morgan fingerprint density at radius 2 is 1.67 bits per heavy atom. The third kappa shape index (κ3) is 7.28. The number of nitrogens with one attached hydrogen (secondary N) is 1. The first-order valence-corrected chi connectivity index (χ1v) is 15.5. The molecule has 0 atom stereocenters. The van der Waals surface area contributed by atoms with E-state index >= 15 is 0 Å². The Hall–Kier alpha value is -4.45. The molecule has 45 heavy (non-hydrogen) atoms. The molecule has 2 aromatic heterocycles. The lowest BCUT2D eigenvalue weighted by Gasteiger charge is -2.16. The van der Waals surface area contributed by atoms with Gasteiger partial charge in [0.2, 0.25) is 0 Å². The molecular weight excluding hydrogens is 670 g/mol. The summed E-state index contributed by atoms with van der Waals surface area (Å²) in [5.74, 6) is 0.0528. The average molecular weight is 690 g/mol. The number of benzene rings is 3. The number of hydrogen-bond acceptors (Lipinski definition) is 8. The van der Waals surface area contributed by atoms with E-state index < -0.39 is 37.0 Å². The number of rotatable bonds is 6. The number of anilines is 1. The molecule has 3 aromatic carbocycles. The summed E-state index contributed by atoms with van der Waals surface area (Å²) in [7, 11) is -6.82. The topological polar surface area (TPSA) is 158 Å². The van der Waals surface area contributed by atoms with Crippen molar-refractivity contribution in [1.29, 1.82) is 0 Å². The van der Waals surface area contributed by atoms with E-state index in [-0.39, 0.29) is 16.1 Å². The Morgan fingerprint density at radius 1 is 0.978 bits per heavy atom. The van der Waals surface area contributed by atoms with Crippen LogP contribution in [0.15, 0.2) is 87.3 Å². The van der Waals surface area contributed by atoms with Gasteiger partial charge in [-0.3, -0.25) is 14.1 Å². The second-order valence-corrected chi connectivity index (χ2v) is 12.6. The zero-order valence-corrected chi connectivity index (χ0v) is 25.2. The number of halogens is 5. The molecule has 0 radical (unpaired) electrons. The van der Waals surface area contributed by atoms with Crippen LogP contribution in [-0.4, -0.2) is 43.7 Å². The van der Waals surface area contributed by atoms with Crippen molar-refractivity contribution in [2.45, 2.75) is 10.4 Å². The van der Waals surface area contributed by atoms with E-state index in [2.05, 4.69) is 14.4 Å². The highest BCUT2D eigenvalue weighted by atomic mass is 35.5. The highest BCUT2D eigenvalue weighted by molar-refractivity contribution is 7.92. The van der Waals surface area contributed by atoms with Crippen LogP contribution in [0.2, 0.25) is 5.02 Å². The molecule has 0 aliphatic heterocycles. The fraction of sp³-hybridized carbons (Fsp3) is 0.111. The van der Waals surface area contributed by atoms with Crippen molar-refractivity contribution in [3.63, 3.8) is 0 Å². The maximum atomic E-state index is 13.8. The van der Waals surface area contributed by atoms with Gasteiger partial charge < -0.3 is 13.8 Å². The standard InChI is InChI=1S/C26H19ClFN3O5S.CHF3O3S/c1-31-14-22(20-12-23(27)19(13-24(20)35-2)15-4-3-5-16(28)10-15)18-7-6-17(11-21(18)26(31)32)37(33,34)30-25-8-9-36-29-25;2-1(3,4)8(5,6)7/h3-14H,1-2H3,(H,29,30);(H,5,6,7). The minimum atomic E-state index is -5.84. The van der Waals surface area contributed by atoms with Crippen molar-refractivity contribution >= 4 is 48.3 Å². The molecule has 0 fully saturated rings. The maximum absolute atomic E-state index is 13.8. The highest BCUT2D eigenvalue weighted by Crippen LogP contribution is 2.41. The number of fused-ring (bicyclic) bond motifs is 1. The van der Waals surface area contributed by atoms with Gasteiger partial charge in [0.05, 0.1) is 12.0 Å². The van der Waals surface area contributed by atoms with Crippen molar-refractivity contribution in [3.8, 4) is 28.0 Å². The van der Waals surface area contributed by atoms with E-state index in [1.54, 1.807) is 43.6 Å². The first-order chi connectivity index (χ1) is 20.9. The SMILES string of the molecule is COc1cc(-c2cccc(F)c2)c(Cl)cc1-c1cn(C)c(=O)c2cc(S(=O)(=O)Nc3ccon3)ccc12.O=S(=O)(O)C(F)(F)F. The predicted octanol–water partition coefficient (Wildman–Crippen LogP) is 5.86. The van der Waals surface area contributed by atoms with Crippen LogP contribution < -0.4 is 15.0 Å². The summed E-state index contributed by atoms with van der Waals surface area (Å²) in [6, 6.07) is 15.0. The van der Waals surface area contributed by atoms with E-state index in [0.717, 1.165) is 0 Å². The Bertz CT molecular complexity index is 2170. The molecule has 5 rings (SSSR count). The zero-order valence-electron chi connectivity index (χ0n) is 22.8. The van der Waals surface area contributed by atoms with Crippen LogP contribution in [0.1, 0.15) is 0 Å². The summed E-state index contributed by atoms with van der Waals surface area (Å²) < 4.78 is 111. The molecule has 0 saturated heterocycles. The van der Waals surface area contributed by atoms with Gasteiger partial charge in [-0.15, -0.1) is 0 Å². The van der Waals surface area contributed by atoms with Gasteiger partial charge in [0, 0.05) is 46.4 Å². The lowest BCUT2D eigenvalue weighted by Crippen LogP contribution is -2.21. The van der Waals surface area contributed by atoms with Crippen molar-refractivity contribution in [2.24, 2.45) is 7.05 Å². The minimum Gasteiger partial charge on any atom is -0.496 e. The van der Waals surface area contributed by atoms with Crippen molar-refractivity contribution in [2.75, 3.05) is 11.8 Å². The minimum absolute atomic E-state index is 0.0134. The molecule has 0 saturated carbocycles. The van der Waals surface area contributed by atoms with Gasteiger partial charge >= 0.3 is 15.6 Å². The molecule has 0 spiro atoms. The first-order valence-electron chi connectivity index (χ1n) is 12.2. The summed E-state index contributed by atoms with van der Waals surface area (Å²) in [6.07, 6.45) is 2.86. The molecule has 0 unspecified atom stereocenters. The molecule has 18 heteroatoms. The number of ether oxygens (including phenoxy) is 1. The van der Waals surface area contributed by atoms with E-state index in [1.165, 1.54) is 48.3 Å². The Kier molecular flexibility index (Phi) is 9.30. The number of alkyl halides is 3. The molecule has 0 aliphatic rings. The average Bonchev–Trinajstić information content (AvgIpc) is 3.46. The van der Waals surface area contributed by atoms with E-state index in [1.807, 2.05) is 0 Å². The maximum Gasteiger partial charge on any atom is 0.522 e. The fourth-order valence-electron chi connectivity index (χ4n) is 4.10. The molecule has 2 heterocycles. The number of aromatic nitrogens is 2. The summed E-state index contributed by atoms with van der Waals surface area (Å²) in [5.41, 5.74) is -3.61. The third-order valence-electron chi connectivity index (χ3n) is 6.15. The van der Waals surface area contributed by atoms with E-state index in [0.29, 0.717) is 38.4 Å². The quantitative estimate of drug-likeness (QED) is 0.127. The summed E-state index contributed by atoms with van der Waals surface area (Å²) >= 11 is 6.62. The van der Waals surface area contributed by atoms with E-state index in [9.17, 15) is 30.8 Å². The highest BCUT2D eigenvalue weighted by Gasteiger charge is 2.44. The van der Waals surface area contributed by atoms with Gasteiger partial charge in [0.15, 0.2) is 5.82 Å². The van der Waals surface area contributed by atoms with Crippen LogP contribution >= 0.6 is 11.6 Å². The second-order valence-electron chi connectivity index (χ2n) is 9.12. The number of pyridine rings is 1. The molecule has 238 valence electrons. The molecule has 0 amide bonds. The number of methoxy groups -OCH3 is 1. The predicted molar refractivity (Wildman–Crippen MR) is 156 cm³/mol. The summed E-state index contributed by atoms with van der Waals surface area (Å²) in [5, 5.41) is 4.58. The molecule has 0 bridgehead atoms. The van der Waals surface area contributed by atoms with E-state index in [4.69, 9.17) is 29.3 Å². The Morgan fingerprint density at radius 3 is 2.24 bits per heavy atom. The molecule has 2 N–H and O–H groups in total. The Labute approximate surface area is 257 Å². The van der Waals surface area contributed by atoms with Crippen molar-refractivity contribution in [3.05, 3.63) is 94.3 Å². The molecule has 5 aromatic rings. The first kappa shape index (κ1) is 33.4. The van der Waals surface area contributed by atoms with Crippen molar-refractivity contribution in [1.82, 2.24) is 9.72 Å². The van der Waals surface area contributed by atoms with Gasteiger partial charge in [0.25, 0.3) is 15.6 Å². The number of nitrogens with zero attached hydrogens (tertiary/aromatic N) is 2. The van der Waals surface area contributed by atoms with Gasteiger partial charge in [0.1, 0.15) is 17.8 Å². The van der Waals surface area contributed by atoms with Crippen molar-refractivity contribution < 1.29 is 48.2 Å². The van der Waals surface area contributed by atoms with Gasteiger partial charge in [-0.05, 0) is 47.3 Å². The molecular formula is C27H20ClF4N3O8S2. The number of hydrogen-bond donors (Lipinski definition) is 2. The van der Waals surface area contributed by atoms with Crippen LogP contribution in [-0.2, 0) is 27.2 Å². The lowest BCUT2D eigenvalue weighted by molar-refractivity contribution is -0.0510. The largest absolute Gasteiger partial charge is 0.522 e.